The zero-order valence-corrected chi connectivity index (χ0v) is 11.0. The van der Waals surface area contributed by atoms with Crippen molar-refractivity contribution in [2.45, 2.75) is 10.6 Å². The Morgan fingerprint density at radius 3 is 2.74 bits per heavy atom. The maximum absolute atomic E-state index is 12.2. The first-order chi connectivity index (χ1) is 9.34. The van der Waals surface area contributed by atoms with Gasteiger partial charge in [0.1, 0.15) is 0 Å². The van der Waals surface area contributed by atoms with Crippen LogP contribution in [0.5, 0.6) is 0 Å². The molecule has 0 atom stereocenters. The lowest BCUT2D eigenvalue weighted by Gasteiger charge is -2.20. The average molecular weight is 265 g/mol. The molecule has 1 aromatic heterocycles. The second-order valence-corrected chi connectivity index (χ2v) is 5.66. The molecule has 0 amide bonds. The highest BCUT2D eigenvalue weighted by Crippen LogP contribution is 2.42. The standard InChI is InChI=1S/C16H11NOS/c18-16-12-9-19-14-8-4-2-6-11(14)15(12)10-5-1-3-7-13(10)17-16/h1-8H,9H2,(H,17,18). The molecule has 1 aliphatic rings. The lowest BCUT2D eigenvalue weighted by Crippen LogP contribution is -2.15. The Balaban J connectivity index is 2.22. The number of fused-ring (bicyclic) bond motifs is 5. The normalized spacial score (nSPS) is 13.1. The Hall–Kier alpha value is -2.00. The van der Waals surface area contributed by atoms with Crippen molar-refractivity contribution in [1.29, 1.82) is 0 Å². The highest BCUT2D eigenvalue weighted by atomic mass is 32.2. The van der Waals surface area contributed by atoms with Crippen LogP contribution in [0.15, 0.2) is 58.2 Å². The van der Waals surface area contributed by atoms with E-state index in [0.29, 0.717) is 0 Å². The number of rotatable bonds is 0. The number of aromatic amines is 1. The van der Waals surface area contributed by atoms with Gasteiger partial charge in [-0.25, -0.2) is 0 Å². The molecular weight excluding hydrogens is 254 g/mol. The van der Waals surface area contributed by atoms with Crippen LogP contribution in [0.4, 0.5) is 0 Å². The van der Waals surface area contributed by atoms with Gasteiger partial charge >= 0.3 is 0 Å². The van der Waals surface area contributed by atoms with Gasteiger partial charge in [-0.2, -0.15) is 0 Å². The van der Waals surface area contributed by atoms with Crippen LogP contribution >= 0.6 is 11.8 Å². The van der Waals surface area contributed by atoms with Crippen molar-refractivity contribution in [2.24, 2.45) is 0 Å². The number of para-hydroxylation sites is 1. The van der Waals surface area contributed by atoms with Crippen molar-refractivity contribution in [2.75, 3.05) is 0 Å². The second-order valence-electron chi connectivity index (χ2n) is 4.64. The third-order valence-electron chi connectivity index (χ3n) is 3.55. The van der Waals surface area contributed by atoms with Gasteiger partial charge in [-0.05, 0) is 17.7 Å². The van der Waals surface area contributed by atoms with Gasteiger partial charge in [0.2, 0.25) is 0 Å². The van der Waals surface area contributed by atoms with E-state index in [9.17, 15) is 4.79 Å². The van der Waals surface area contributed by atoms with Gasteiger partial charge in [-0.3, -0.25) is 4.79 Å². The van der Waals surface area contributed by atoms with Gasteiger partial charge in [0, 0.05) is 32.7 Å². The minimum absolute atomic E-state index is 0.0377. The minimum atomic E-state index is 0.0377. The summed E-state index contributed by atoms with van der Waals surface area (Å²) in [5, 5.41) is 1.13. The summed E-state index contributed by atoms with van der Waals surface area (Å²) in [4.78, 5) is 16.5. The second kappa shape index (κ2) is 4.00. The average Bonchev–Trinajstić information content (AvgIpc) is 2.47. The molecule has 2 nitrogen and oxygen atoms in total. The molecule has 0 bridgehead atoms. The molecule has 0 fully saturated rings. The highest BCUT2D eigenvalue weighted by molar-refractivity contribution is 7.98. The van der Waals surface area contributed by atoms with Crippen LogP contribution in [-0.4, -0.2) is 4.98 Å². The highest BCUT2D eigenvalue weighted by Gasteiger charge is 2.21. The first-order valence-corrected chi connectivity index (χ1v) is 7.19. The van der Waals surface area contributed by atoms with E-state index in [4.69, 9.17) is 0 Å². The molecular formula is C16H11NOS. The van der Waals surface area contributed by atoms with Crippen LogP contribution in [0.3, 0.4) is 0 Å². The monoisotopic (exact) mass is 265 g/mol. The van der Waals surface area contributed by atoms with Gasteiger partial charge in [0.15, 0.2) is 0 Å². The quantitative estimate of drug-likeness (QED) is 0.670. The molecule has 0 saturated heterocycles. The number of thioether (sulfide) groups is 1. The van der Waals surface area contributed by atoms with E-state index in [-0.39, 0.29) is 5.56 Å². The maximum atomic E-state index is 12.2. The van der Waals surface area contributed by atoms with Gasteiger partial charge in [-0.1, -0.05) is 36.4 Å². The Morgan fingerprint density at radius 2 is 1.79 bits per heavy atom. The number of hydrogen-bond acceptors (Lipinski definition) is 2. The molecule has 0 aliphatic carbocycles. The summed E-state index contributed by atoms with van der Waals surface area (Å²) >= 11 is 1.73. The van der Waals surface area contributed by atoms with E-state index >= 15 is 0 Å². The van der Waals surface area contributed by atoms with Gasteiger partial charge in [-0.15, -0.1) is 11.8 Å². The van der Waals surface area contributed by atoms with Crippen molar-refractivity contribution in [3.05, 3.63) is 64.4 Å². The zero-order chi connectivity index (χ0) is 12.8. The van der Waals surface area contributed by atoms with Gasteiger partial charge < -0.3 is 4.98 Å². The van der Waals surface area contributed by atoms with Gasteiger partial charge in [0.05, 0.1) is 0 Å². The Labute approximate surface area is 114 Å². The Bertz CT molecular complexity index is 851. The number of pyridine rings is 1. The van der Waals surface area contributed by atoms with Crippen molar-refractivity contribution in [3.63, 3.8) is 0 Å². The first kappa shape index (κ1) is 10.9. The number of H-pyrrole nitrogens is 1. The fourth-order valence-electron chi connectivity index (χ4n) is 2.68. The van der Waals surface area contributed by atoms with Crippen LogP contribution in [0.1, 0.15) is 5.56 Å². The lowest BCUT2D eigenvalue weighted by molar-refractivity contribution is 1.20. The number of hydrogen-bond donors (Lipinski definition) is 1. The largest absolute Gasteiger partial charge is 0.322 e. The summed E-state index contributed by atoms with van der Waals surface area (Å²) in [5.74, 6) is 0.743. The van der Waals surface area contributed by atoms with E-state index < -0.39 is 0 Å². The van der Waals surface area contributed by atoms with Gasteiger partial charge in [0.25, 0.3) is 5.56 Å². The molecule has 19 heavy (non-hydrogen) atoms. The Morgan fingerprint density at radius 1 is 1.00 bits per heavy atom. The molecule has 2 aromatic carbocycles. The fourth-order valence-corrected chi connectivity index (χ4v) is 3.75. The summed E-state index contributed by atoms with van der Waals surface area (Å²) in [6.45, 7) is 0. The van der Waals surface area contributed by atoms with E-state index in [1.807, 2.05) is 30.3 Å². The van der Waals surface area contributed by atoms with Crippen LogP contribution in [0.2, 0.25) is 0 Å². The molecule has 0 saturated carbocycles. The van der Waals surface area contributed by atoms with Crippen molar-refractivity contribution in [3.8, 4) is 11.1 Å². The summed E-state index contributed by atoms with van der Waals surface area (Å²) in [7, 11) is 0. The number of aromatic nitrogens is 1. The van der Waals surface area contributed by atoms with E-state index in [1.54, 1.807) is 11.8 Å². The lowest BCUT2D eigenvalue weighted by atomic mass is 9.96. The van der Waals surface area contributed by atoms with Crippen LogP contribution in [-0.2, 0) is 5.75 Å². The molecule has 1 aliphatic heterocycles. The summed E-state index contributed by atoms with van der Waals surface area (Å²) in [6.07, 6.45) is 0. The van der Waals surface area contributed by atoms with Crippen molar-refractivity contribution in [1.82, 2.24) is 4.98 Å². The maximum Gasteiger partial charge on any atom is 0.253 e. The molecule has 0 spiro atoms. The predicted octanol–water partition coefficient (Wildman–Crippen LogP) is 3.80. The van der Waals surface area contributed by atoms with E-state index in [0.717, 1.165) is 27.8 Å². The third kappa shape index (κ3) is 1.55. The third-order valence-corrected chi connectivity index (χ3v) is 4.65. The summed E-state index contributed by atoms with van der Waals surface area (Å²) in [6, 6.07) is 16.3. The molecule has 3 aromatic rings. The molecule has 0 unspecified atom stereocenters. The Kier molecular flexibility index (Phi) is 2.29. The summed E-state index contributed by atoms with van der Waals surface area (Å²) < 4.78 is 0. The molecule has 2 heterocycles. The molecule has 4 rings (SSSR count). The van der Waals surface area contributed by atoms with Crippen LogP contribution in [0, 0.1) is 0 Å². The SMILES string of the molecule is O=c1[nH]c2ccccc2c2c1CSc1ccccc1-2. The minimum Gasteiger partial charge on any atom is -0.322 e. The van der Waals surface area contributed by atoms with Crippen molar-refractivity contribution >= 4 is 22.7 Å². The molecule has 3 heteroatoms. The number of benzene rings is 2. The number of nitrogens with one attached hydrogen (secondary N) is 1. The molecule has 92 valence electrons. The van der Waals surface area contributed by atoms with Crippen LogP contribution < -0.4 is 5.56 Å². The van der Waals surface area contributed by atoms with E-state index in [1.165, 1.54) is 10.5 Å². The smallest absolute Gasteiger partial charge is 0.253 e. The first-order valence-electron chi connectivity index (χ1n) is 6.21. The summed E-state index contributed by atoms with van der Waals surface area (Å²) in [5.41, 5.74) is 4.12. The molecule has 1 N–H and O–H groups in total. The topological polar surface area (TPSA) is 32.9 Å². The van der Waals surface area contributed by atoms with E-state index in [2.05, 4.69) is 23.2 Å². The molecule has 0 radical (unpaired) electrons. The zero-order valence-electron chi connectivity index (χ0n) is 10.1. The fraction of sp³-hybridized carbons (Fsp3) is 0.0625. The van der Waals surface area contributed by atoms with Crippen LogP contribution in [0.25, 0.3) is 22.0 Å². The van der Waals surface area contributed by atoms with Crippen molar-refractivity contribution < 1.29 is 0 Å². The predicted molar refractivity (Wildman–Crippen MR) is 79.6 cm³/mol.